The maximum absolute atomic E-state index is 9.03. The molecule has 124 valence electrons. The summed E-state index contributed by atoms with van der Waals surface area (Å²) in [6, 6.07) is 8.48. The lowest BCUT2D eigenvalue weighted by atomic mass is 10.0. The molecule has 2 aromatic rings. The summed E-state index contributed by atoms with van der Waals surface area (Å²) in [5, 5.41) is 13.7. The van der Waals surface area contributed by atoms with Crippen LogP contribution in [0.3, 0.4) is 0 Å². The molecule has 1 aliphatic heterocycles. The molecule has 1 N–H and O–H groups in total. The molecule has 0 saturated carbocycles. The van der Waals surface area contributed by atoms with Gasteiger partial charge in [0.25, 0.3) is 0 Å². The first kappa shape index (κ1) is 16.2. The molecular formula is C16H21ClN4O2. The third-order valence-electron chi connectivity index (χ3n) is 4.31. The fourth-order valence-corrected chi connectivity index (χ4v) is 3.12. The van der Waals surface area contributed by atoms with Gasteiger partial charge >= 0.3 is 6.01 Å². The average Bonchev–Trinajstić information content (AvgIpc) is 3.05. The van der Waals surface area contributed by atoms with Gasteiger partial charge in [-0.15, -0.1) is 0 Å². The standard InChI is InChI=1S/C16H21ClN4O2/c1-20(9-10-22)14-5-7-21(8-6-14)16-18-15(19-23-16)12-3-2-4-13(17)11-12/h2-4,11,14,22H,5-10H2,1H3. The van der Waals surface area contributed by atoms with Crippen molar-refractivity contribution < 1.29 is 9.63 Å². The molecule has 1 aromatic heterocycles. The Hall–Kier alpha value is -1.63. The molecule has 0 spiro atoms. The molecule has 0 atom stereocenters. The number of aromatic nitrogens is 2. The lowest BCUT2D eigenvalue weighted by Gasteiger charge is -2.35. The van der Waals surface area contributed by atoms with Gasteiger partial charge in [0.05, 0.1) is 6.61 Å². The van der Waals surface area contributed by atoms with Crippen molar-refractivity contribution in [3.63, 3.8) is 0 Å². The van der Waals surface area contributed by atoms with Crippen molar-refractivity contribution in [1.82, 2.24) is 15.0 Å². The summed E-state index contributed by atoms with van der Waals surface area (Å²) in [7, 11) is 2.06. The van der Waals surface area contributed by atoms with Crippen LogP contribution in [-0.4, -0.2) is 59.5 Å². The highest BCUT2D eigenvalue weighted by atomic mass is 35.5. The Balaban J connectivity index is 1.64. The van der Waals surface area contributed by atoms with E-state index >= 15 is 0 Å². The van der Waals surface area contributed by atoms with E-state index in [1.807, 2.05) is 24.3 Å². The lowest BCUT2D eigenvalue weighted by molar-refractivity contribution is 0.160. The number of anilines is 1. The Morgan fingerprint density at radius 3 is 2.87 bits per heavy atom. The first-order chi connectivity index (χ1) is 11.2. The monoisotopic (exact) mass is 336 g/mol. The van der Waals surface area contributed by atoms with Crippen LogP contribution in [0, 0.1) is 0 Å². The second kappa shape index (κ2) is 7.29. The molecule has 0 amide bonds. The summed E-state index contributed by atoms with van der Waals surface area (Å²) in [6.07, 6.45) is 2.04. The number of aliphatic hydroxyl groups is 1. The molecule has 1 aromatic carbocycles. The van der Waals surface area contributed by atoms with Gasteiger partial charge in [-0.25, -0.2) is 0 Å². The predicted molar refractivity (Wildman–Crippen MR) is 89.7 cm³/mol. The van der Waals surface area contributed by atoms with Crippen LogP contribution in [0.1, 0.15) is 12.8 Å². The largest absolute Gasteiger partial charge is 0.395 e. The Kier molecular flexibility index (Phi) is 5.15. The van der Waals surface area contributed by atoms with Crippen molar-refractivity contribution in [3.8, 4) is 11.4 Å². The number of likely N-dealkylation sites (N-methyl/N-ethyl adjacent to an activating group) is 1. The third-order valence-corrected chi connectivity index (χ3v) is 4.54. The van der Waals surface area contributed by atoms with Crippen molar-refractivity contribution in [1.29, 1.82) is 0 Å². The van der Waals surface area contributed by atoms with Crippen LogP contribution in [-0.2, 0) is 0 Å². The highest BCUT2D eigenvalue weighted by Crippen LogP contribution is 2.25. The highest BCUT2D eigenvalue weighted by molar-refractivity contribution is 6.30. The first-order valence-corrected chi connectivity index (χ1v) is 8.21. The number of aliphatic hydroxyl groups excluding tert-OH is 1. The number of hydrogen-bond donors (Lipinski definition) is 1. The van der Waals surface area contributed by atoms with E-state index in [0.717, 1.165) is 31.5 Å². The topological polar surface area (TPSA) is 65.6 Å². The van der Waals surface area contributed by atoms with Crippen LogP contribution in [0.25, 0.3) is 11.4 Å². The maximum Gasteiger partial charge on any atom is 0.324 e. The van der Waals surface area contributed by atoms with Gasteiger partial charge in [-0.2, -0.15) is 4.98 Å². The minimum Gasteiger partial charge on any atom is -0.395 e. The first-order valence-electron chi connectivity index (χ1n) is 7.83. The van der Waals surface area contributed by atoms with Gasteiger partial charge in [0.1, 0.15) is 0 Å². The minimum absolute atomic E-state index is 0.198. The molecule has 6 nitrogen and oxygen atoms in total. The summed E-state index contributed by atoms with van der Waals surface area (Å²) < 4.78 is 5.41. The predicted octanol–water partition coefficient (Wildman–Crippen LogP) is 2.28. The highest BCUT2D eigenvalue weighted by Gasteiger charge is 2.25. The molecule has 0 bridgehead atoms. The zero-order valence-electron chi connectivity index (χ0n) is 13.2. The molecule has 2 heterocycles. The Labute approximate surface area is 140 Å². The Morgan fingerprint density at radius 1 is 1.39 bits per heavy atom. The third kappa shape index (κ3) is 3.83. The second-order valence-corrected chi connectivity index (χ2v) is 6.27. The SMILES string of the molecule is CN(CCO)C1CCN(c2nc(-c3cccc(Cl)c3)no2)CC1. The van der Waals surface area contributed by atoms with Gasteiger partial charge < -0.3 is 19.4 Å². The summed E-state index contributed by atoms with van der Waals surface area (Å²) in [4.78, 5) is 8.81. The molecule has 0 unspecified atom stereocenters. The van der Waals surface area contributed by atoms with Crippen molar-refractivity contribution in [2.45, 2.75) is 18.9 Å². The van der Waals surface area contributed by atoms with Crippen molar-refractivity contribution in [2.24, 2.45) is 0 Å². The van der Waals surface area contributed by atoms with E-state index in [1.165, 1.54) is 0 Å². The van der Waals surface area contributed by atoms with Crippen LogP contribution in [0.4, 0.5) is 6.01 Å². The van der Waals surface area contributed by atoms with Crippen molar-refractivity contribution in [3.05, 3.63) is 29.3 Å². The van der Waals surface area contributed by atoms with Crippen molar-refractivity contribution >= 4 is 17.6 Å². The Bertz CT molecular complexity index is 641. The van der Waals surface area contributed by atoms with Crippen LogP contribution in [0.5, 0.6) is 0 Å². The van der Waals surface area contributed by atoms with Gasteiger partial charge in [0.2, 0.25) is 5.82 Å². The van der Waals surface area contributed by atoms with Gasteiger partial charge in [-0.3, -0.25) is 0 Å². The quantitative estimate of drug-likeness (QED) is 0.903. The van der Waals surface area contributed by atoms with Gasteiger partial charge in [-0.1, -0.05) is 28.9 Å². The summed E-state index contributed by atoms with van der Waals surface area (Å²) >= 11 is 6.00. The Morgan fingerprint density at radius 2 is 2.17 bits per heavy atom. The summed E-state index contributed by atoms with van der Waals surface area (Å²) in [5.74, 6) is 0.557. The number of benzene rings is 1. The molecule has 1 saturated heterocycles. The number of rotatable bonds is 5. The molecule has 0 aliphatic carbocycles. The normalized spacial score (nSPS) is 16.3. The molecule has 23 heavy (non-hydrogen) atoms. The van der Waals surface area contributed by atoms with Crippen LogP contribution in [0.2, 0.25) is 5.02 Å². The van der Waals surface area contributed by atoms with E-state index in [0.29, 0.717) is 29.4 Å². The summed E-state index contributed by atoms with van der Waals surface area (Å²) in [5.41, 5.74) is 0.852. The van der Waals surface area contributed by atoms with E-state index in [1.54, 1.807) is 0 Å². The molecule has 0 radical (unpaired) electrons. The van der Waals surface area contributed by atoms with E-state index in [4.69, 9.17) is 21.2 Å². The van der Waals surface area contributed by atoms with Crippen molar-refractivity contribution in [2.75, 3.05) is 38.2 Å². The number of nitrogens with zero attached hydrogens (tertiary/aromatic N) is 4. The number of piperidine rings is 1. The number of halogens is 1. The van der Waals surface area contributed by atoms with Crippen LogP contribution in [0.15, 0.2) is 28.8 Å². The molecule has 1 fully saturated rings. The second-order valence-electron chi connectivity index (χ2n) is 5.83. The number of hydrogen-bond acceptors (Lipinski definition) is 6. The minimum atomic E-state index is 0.198. The fourth-order valence-electron chi connectivity index (χ4n) is 2.93. The fraction of sp³-hybridized carbons (Fsp3) is 0.500. The smallest absolute Gasteiger partial charge is 0.324 e. The van der Waals surface area contributed by atoms with Crippen LogP contribution < -0.4 is 4.90 Å². The molecule has 7 heteroatoms. The summed E-state index contributed by atoms with van der Waals surface area (Å²) in [6.45, 7) is 2.66. The molecule has 3 rings (SSSR count). The average molecular weight is 337 g/mol. The van der Waals surface area contributed by atoms with Gasteiger partial charge in [0, 0.05) is 36.3 Å². The lowest BCUT2D eigenvalue weighted by Crippen LogP contribution is -2.44. The van der Waals surface area contributed by atoms with Gasteiger partial charge in [-0.05, 0) is 32.0 Å². The molecule has 1 aliphatic rings. The zero-order valence-corrected chi connectivity index (χ0v) is 13.9. The van der Waals surface area contributed by atoms with E-state index in [9.17, 15) is 0 Å². The molecular weight excluding hydrogens is 316 g/mol. The maximum atomic E-state index is 9.03. The van der Waals surface area contributed by atoms with Crippen LogP contribution >= 0.6 is 11.6 Å². The van der Waals surface area contributed by atoms with E-state index in [2.05, 4.69) is 27.0 Å². The van der Waals surface area contributed by atoms with E-state index < -0.39 is 0 Å². The van der Waals surface area contributed by atoms with Gasteiger partial charge in [0.15, 0.2) is 0 Å². The van der Waals surface area contributed by atoms with E-state index in [-0.39, 0.29) is 6.61 Å². The zero-order chi connectivity index (χ0) is 16.2.